The van der Waals surface area contributed by atoms with Crippen molar-refractivity contribution < 1.29 is 37.9 Å². The Morgan fingerprint density at radius 1 is 0.519 bits per heavy atom. The quantitative estimate of drug-likeness (QED) is 0.0318. The fourth-order valence-electron chi connectivity index (χ4n) is 6.44. The minimum atomic E-state index is -4.41. The summed E-state index contributed by atoms with van der Waals surface area (Å²) in [5.74, 6) is -0.504. The molecular weight excluding hydrogens is 677 g/mol. The van der Waals surface area contributed by atoms with Crippen molar-refractivity contribution in [2.75, 3.05) is 26.4 Å². The van der Waals surface area contributed by atoms with Crippen LogP contribution in [0.3, 0.4) is 0 Å². The summed E-state index contributed by atoms with van der Waals surface area (Å²) in [7, 11) is -4.41. The van der Waals surface area contributed by atoms with Crippen LogP contribution in [0.5, 0.6) is 0 Å². The SMILES string of the molecule is CCCCCCCCCCCCCCCCCCCCCC(=O)NCCOP(=O)(O)OCC(O)COC(=O)CCCCCCCCCCCCCC. The number of rotatable bonds is 42. The van der Waals surface area contributed by atoms with Crippen LogP contribution in [-0.2, 0) is 27.9 Å². The van der Waals surface area contributed by atoms with Gasteiger partial charge in [0, 0.05) is 19.4 Å². The highest BCUT2D eigenvalue weighted by Crippen LogP contribution is 2.42. The molecule has 52 heavy (non-hydrogen) atoms. The predicted molar refractivity (Wildman–Crippen MR) is 215 cm³/mol. The van der Waals surface area contributed by atoms with Gasteiger partial charge in [-0.2, -0.15) is 0 Å². The molecule has 310 valence electrons. The van der Waals surface area contributed by atoms with E-state index in [0.29, 0.717) is 6.42 Å². The highest BCUT2D eigenvalue weighted by Gasteiger charge is 2.23. The molecule has 9 nitrogen and oxygen atoms in total. The maximum atomic E-state index is 12.1. The van der Waals surface area contributed by atoms with Gasteiger partial charge in [-0.05, 0) is 12.8 Å². The molecule has 0 bridgehead atoms. The molecule has 0 heterocycles. The number of hydrogen-bond donors (Lipinski definition) is 3. The van der Waals surface area contributed by atoms with E-state index in [1.807, 2.05) is 0 Å². The van der Waals surface area contributed by atoms with Crippen molar-refractivity contribution >= 4 is 19.7 Å². The summed E-state index contributed by atoms with van der Waals surface area (Å²) in [6, 6.07) is 0. The van der Waals surface area contributed by atoms with Gasteiger partial charge < -0.3 is 20.1 Å². The van der Waals surface area contributed by atoms with Crippen molar-refractivity contribution in [2.24, 2.45) is 0 Å². The Morgan fingerprint density at radius 3 is 1.25 bits per heavy atom. The number of carbonyl (C=O) groups excluding carboxylic acids is 2. The van der Waals surface area contributed by atoms with E-state index in [4.69, 9.17) is 13.8 Å². The molecule has 3 N–H and O–H groups in total. The molecule has 0 rings (SSSR count). The fourth-order valence-corrected chi connectivity index (χ4v) is 7.20. The van der Waals surface area contributed by atoms with E-state index in [1.165, 1.54) is 161 Å². The van der Waals surface area contributed by atoms with Crippen LogP contribution in [0.4, 0.5) is 0 Å². The number of aliphatic hydroxyl groups is 1. The van der Waals surface area contributed by atoms with E-state index in [9.17, 15) is 24.2 Å². The summed E-state index contributed by atoms with van der Waals surface area (Å²) in [6.07, 6.45) is 38.9. The average Bonchev–Trinajstić information content (AvgIpc) is 3.13. The van der Waals surface area contributed by atoms with E-state index in [-0.39, 0.29) is 32.1 Å². The zero-order valence-electron chi connectivity index (χ0n) is 34.0. The van der Waals surface area contributed by atoms with Gasteiger partial charge in [-0.3, -0.25) is 18.6 Å². The van der Waals surface area contributed by atoms with E-state index >= 15 is 0 Å². The zero-order chi connectivity index (χ0) is 38.2. The molecule has 0 saturated carbocycles. The molecule has 0 aromatic rings. The Kier molecular flexibility index (Phi) is 38.9. The largest absolute Gasteiger partial charge is 0.472 e. The van der Waals surface area contributed by atoms with Crippen LogP contribution in [0.2, 0.25) is 0 Å². The van der Waals surface area contributed by atoms with Gasteiger partial charge in [0.05, 0.1) is 13.2 Å². The van der Waals surface area contributed by atoms with E-state index in [0.717, 1.165) is 38.5 Å². The van der Waals surface area contributed by atoms with Gasteiger partial charge in [0.1, 0.15) is 12.7 Å². The Bertz CT molecular complexity index is 830. The maximum absolute atomic E-state index is 12.1. The highest BCUT2D eigenvalue weighted by atomic mass is 31.2. The van der Waals surface area contributed by atoms with Gasteiger partial charge in [-0.25, -0.2) is 4.57 Å². The van der Waals surface area contributed by atoms with Gasteiger partial charge in [-0.15, -0.1) is 0 Å². The van der Waals surface area contributed by atoms with Gasteiger partial charge in [0.15, 0.2) is 0 Å². The normalized spacial score (nSPS) is 13.2. The smallest absolute Gasteiger partial charge is 0.463 e. The first kappa shape index (κ1) is 51.0. The molecule has 0 aliphatic rings. The van der Waals surface area contributed by atoms with Crippen molar-refractivity contribution in [3.05, 3.63) is 0 Å². The summed E-state index contributed by atoms with van der Waals surface area (Å²) in [5.41, 5.74) is 0. The molecule has 0 spiro atoms. The first-order valence-electron chi connectivity index (χ1n) is 22.0. The molecule has 0 fully saturated rings. The number of carbonyl (C=O) groups is 2. The van der Waals surface area contributed by atoms with Crippen LogP contribution in [0.15, 0.2) is 0 Å². The van der Waals surface area contributed by atoms with Crippen molar-refractivity contribution in [3.63, 3.8) is 0 Å². The lowest BCUT2D eigenvalue weighted by Gasteiger charge is -2.15. The van der Waals surface area contributed by atoms with Gasteiger partial charge in [0.25, 0.3) is 0 Å². The first-order chi connectivity index (χ1) is 25.3. The number of esters is 1. The van der Waals surface area contributed by atoms with Crippen molar-refractivity contribution in [2.45, 2.75) is 232 Å². The van der Waals surface area contributed by atoms with Crippen LogP contribution < -0.4 is 5.32 Å². The van der Waals surface area contributed by atoms with Crippen molar-refractivity contribution in [1.82, 2.24) is 5.32 Å². The lowest BCUT2D eigenvalue weighted by atomic mass is 10.0. The molecule has 0 aromatic carbocycles. The molecule has 0 aromatic heterocycles. The minimum absolute atomic E-state index is 0.0885. The summed E-state index contributed by atoms with van der Waals surface area (Å²) in [5, 5.41) is 12.7. The van der Waals surface area contributed by atoms with Gasteiger partial charge in [-0.1, -0.05) is 200 Å². The van der Waals surface area contributed by atoms with E-state index < -0.39 is 26.5 Å². The molecule has 0 aliphatic heterocycles. The second kappa shape index (κ2) is 39.7. The zero-order valence-corrected chi connectivity index (χ0v) is 34.9. The van der Waals surface area contributed by atoms with Crippen LogP contribution >= 0.6 is 7.82 Å². The number of nitrogens with one attached hydrogen (secondary N) is 1. The number of amides is 1. The lowest BCUT2D eigenvalue weighted by molar-refractivity contribution is -0.147. The standard InChI is InChI=1S/C42H84NO8P/c1-3-5-7-9-11-13-15-17-18-19-20-21-22-23-24-26-28-30-32-34-41(45)43-36-37-50-52(47,48)51-39-40(44)38-49-42(46)35-33-31-29-27-25-16-14-12-10-8-6-4-2/h40,44H,3-39H2,1-2H3,(H,43,45)(H,47,48). The van der Waals surface area contributed by atoms with Crippen molar-refractivity contribution in [1.29, 1.82) is 0 Å². The third kappa shape index (κ3) is 40.2. The summed E-state index contributed by atoms with van der Waals surface area (Å²) >= 11 is 0. The topological polar surface area (TPSA) is 131 Å². The molecular formula is C42H84NO8P. The number of phosphoric acid groups is 1. The second-order valence-electron chi connectivity index (χ2n) is 15.0. The fraction of sp³-hybridized carbons (Fsp3) is 0.952. The number of ether oxygens (including phenoxy) is 1. The summed E-state index contributed by atoms with van der Waals surface area (Å²) < 4.78 is 26.8. The summed E-state index contributed by atoms with van der Waals surface area (Å²) in [6.45, 7) is 3.59. The van der Waals surface area contributed by atoms with Gasteiger partial charge >= 0.3 is 13.8 Å². The van der Waals surface area contributed by atoms with Crippen LogP contribution in [-0.4, -0.2) is 54.3 Å². The Balaban J connectivity index is 3.53. The maximum Gasteiger partial charge on any atom is 0.472 e. The molecule has 0 radical (unpaired) electrons. The number of hydrogen-bond acceptors (Lipinski definition) is 7. The van der Waals surface area contributed by atoms with Crippen LogP contribution in [0.1, 0.15) is 226 Å². The molecule has 1 amide bonds. The highest BCUT2D eigenvalue weighted by molar-refractivity contribution is 7.47. The second-order valence-corrected chi connectivity index (χ2v) is 16.5. The molecule has 0 saturated heterocycles. The summed E-state index contributed by atoms with van der Waals surface area (Å²) in [4.78, 5) is 33.9. The minimum Gasteiger partial charge on any atom is -0.463 e. The number of phosphoric ester groups is 1. The Hall–Kier alpha value is -0.990. The van der Waals surface area contributed by atoms with E-state index in [2.05, 4.69) is 19.2 Å². The number of unbranched alkanes of at least 4 members (excludes halogenated alkanes) is 29. The van der Waals surface area contributed by atoms with Crippen LogP contribution in [0, 0.1) is 0 Å². The Labute approximate surface area is 320 Å². The third-order valence-corrected chi connectivity index (χ3v) is 10.8. The monoisotopic (exact) mass is 762 g/mol. The lowest BCUT2D eigenvalue weighted by Crippen LogP contribution is -2.27. The van der Waals surface area contributed by atoms with Crippen molar-refractivity contribution in [3.8, 4) is 0 Å². The third-order valence-electron chi connectivity index (χ3n) is 9.79. The number of aliphatic hydroxyl groups excluding tert-OH is 1. The average molecular weight is 762 g/mol. The van der Waals surface area contributed by atoms with Crippen LogP contribution in [0.25, 0.3) is 0 Å². The molecule has 10 heteroatoms. The van der Waals surface area contributed by atoms with Gasteiger partial charge in [0.2, 0.25) is 5.91 Å². The molecule has 2 unspecified atom stereocenters. The first-order valence-corrected chi connectivity index (χ1v) is 23.5. The Morgan fingerprint density at radius 2 is 0.865 bits per heavy atom. The van der Waals surface area contributed by atoms with E-state index in [1.54, 1.807) is 0 Å². The molecule has 0 aliphatic carbocycles. The molecule has 2 atom stereocenters. The predicted octanol–water partition coefficient (Wildman–Crippen LogP) is 12.1.